The molecule has 0 aliphatic heterocycles. The van der Waals surface area contributed by atoms with Crippen molar-refractivity contribution in [1.29, 1.82) is 0 Å². The smallest absolute Gasteiger partial charge is 0.222 e. The lowest BCUT2D eigenvalue weighted by Crippen LogP contribution is -1.86. The molecule has 2 rings (SSSR count). The van der Waals surface area contributed by atoms with Crippen LogP contribution in [0.25, 0.3) is 5.57 Å². The molecule has 1 aromatic rings. The van der Waals surface area contributed by atoms with Gasteiger partial charge in [0.25, 0.3) is 0 Å². The number of allylic oxidation sites excluding steroid dienone is 4. The summed E-state index contributed by atoms with van der Waals surface area (Å²) in [7, 11) is 0. The molecular formula is C13H16FNO. The van der Waals surface area contributed by atoms with E-state index in [1.165, 1.54) is 6.08 Å². The van der Waals surface area contributed by atoms with Crippen molar-refractivity contribution in [1.82, 2.24) is 4.98 Å². The summed E-state index contributed by atoms with van der Waals surface area (Å²) >= 11 is 0. The predicted molar refractivity (Wildman–Crippen MR) is 61.6 cm³/mol. The molecule has 16 heavy (non-hydrogen) atoms. The molecule has 0 radical (unpaired) electrons. The van der Waals surface area contributed by atoms with Crippen LogP contribution in [0, 0.1) is 6.92 Å². The molecule has 86 valence electrons. The third kappa shape index (κ3) is 2.23. The zero-order chi connectivity index (χ0) is 11.5. The molecule has 1 aliphatic carbocycles. The van der Waals surface area contributed by atoms with Gasteiger partial charge < -0.3 is 4.42 Å². The Bertz CT molecular complexity index is 443. The standard InChI is InChI=1S/C13H16FNO/c1-3-12-9(2)16-13(15-12)10-5-4-6-11(14)8-7-10/h7-8H,3-6H2,1-2H3. The third-order valence-electron chi connectivity index (χ3n) is 2.83. The van der Waals surface area contributed by atoms with Crippen LogP contribution >= 0.6 is 0 Å². The molecule has 0 amide bonds. The first kappa shape index (κ1) is 11.1. The first-order valence-corrected chi connectivity index (χ1v) is 5.72. The van der Waals surface area contributed by atoms with Gasteiger partial charge in [-0.05, 0) is 38.7 Å². The van der Waals surface area contributed by atoms with E-state index in [0.29, 0.717) is 12.3 Å². The molecule has 0 N–H and O–H groups in total. The van der Waals surface area contributed by atoms with Crippen LogP contribution in [0.4, 0.5) is 4.39 Å². The molecular weight excluding hydrogens is 205 g/mol. The van der Waals surface area contributed by atoms with Crippen molar-refractivity contribution in [2.75, 3.05) is 0 Å². The third-order valence-corrected chi connectivity index (χ3v) is 2.83. The highest BCUT2D eigenvalue weighted by Crippen LogP contribution is 2.27. The van der Waals surface area contributed by atoms with Gasteiger partial charge >= 0.3 is 0 Å². The van der Waals surface area contributed by atoms with Crippen molar-refractivity contribution in [2.24, 2.45) is 0 Å². The Hall–Kier alpha value is -1.38. The molecule has 0 unspecified atom stereocenters. The van der Waals surface area contributed by atoms with Crippen LogP contribution in [0.2, 0.25) is 0 Å². The largest absolute Gasteiger partial charge is 0.441 e. The summed E-state index contributed by atoms with van der Waals surface area (Å²) in [5.41, 5.74) is 1.99. The van der Waals surface area contributed by atoms with Crippen LogP contribution < -0.4 is 0 Å². The lowest BCUT2D eigenvalue weighted by molar-refractivity contribution is 0.507. The molecule has 3 heteroatoms. The summed E-state index contributed by atoms with van der Waals surface area (Å²) in [5, 5.41) is 0. The van der Waals surface area contributed by atoms with E-state index in [1.807, 2.05) is 6.92 Å². The summed E-state index contributed by atoms with van der Waals surface area (Å²) < 4.78 is 18.7. The van der Waals surface area contributed by atoms with Crippen molar-refractivity contribution in [3.8, 4) is 0 Å². The molecule has 0 spiro atoms. The van der Waals surface area contributed by atoms with Gasteiger partial charge in [-0.3, -0.25) is 0 Å². The molecule has 2 nitrogen and oxygen atoms in total. The van der Waals surface area contributed by atoms with Crippen LogP contribution in [-0.2, 0) is 6.42 Å². The fourth-order valence-corrected chi connectivity index (χ4v) is 1.88. The molecule has 0 aromatic carbocycles. The molecule has 0 atom stereocenters. The van der Waals surface area contributed by atoms with Gasteiger partial charge in [0.15, 0.2) is 0 Å². The lowest BCUT2D eigenvalue weighted by atomic mass is 10.1. The van der Waals surface area contributed by atoms with E-state index in [0.717, 1.165) is 36.3 Å². The normalized spacial score (nSPS) is 16.7. The second kappa shape index (κ2) is 4.64. The topological polar surface area (TPSA) is 26.0 Å². The van der Waals surface area contributed by atoms with Gasteiger partial charge in [-0.25, -0.2) is 9.37 Å². The van der Waals surface area contributed by atoms with Crippen LogP contribution in [0.1, 0.15) is 43.5 Å². The van der Waals surface area contributed by atoms with E-state index in [1.54, 1.807) is 6.08 Å². The monoisotopic (exact) mass is 221 g/mol. The number of halogens is 1. The molecule has 0 saturated heterocycles. The van der Waals surface area contributed by atoms with E-state index >= 15 is 0 Å². The van der Waals surface area contributed by atoms with Gasteiger partial charge in [0.05, 0.1) is 11.5 Å². The highest BCUT2D eigenvalue weighted by Gasteiger charge is 2.13. The maximum atomic E-state index is 13.0. The van der Waals surface area contributed by atoms with Gasteiger partial charge in [-0.1, -0.05) is 13.0 Å². The van der Waals surface area contributed by atoms with E-state index in [-0.39, 0.29) is 5.83 Å². The SMILES string of the molecule is CCc1nc(C2=CC=C(F)CCC2)oc1C. The maximum Gasteiger partial charge on any atom is 0.222 e. The zero-order valence-corrected chi connectivity index (χ0v) is 9.72. The zero-order valence-electron chi connectivity index (χ0n) is 9.72. The van der Waals surface area contributed by atoms with Gasteiger partial charge in [-0.2, -0.15) is 0 Å². The Morgan fingerprint density at radius 2 is 2.19 bits per heavy atom. The van der Waals surface area contributed by atoms with E-state index in [9.17, 15) is 4.39 Å². The lowest BCUT2D eigenvalue weighted by Gasteiger charge is -1.98. The predicted octanol–water partition coefficient (Wildman–Crippen LogP) is 3.97. The van der Waals surface area contributed by atoms with E-state index in [4.69, 9.17) is 4.42 Å². The molecule has 1 aliphatic rings. The van der Waals surface area contributed by atoms with E-state index < -0.39 is 0 Å². The number of aryl methyl sites for hydroxylation is 2. The van der Waals surface area contributed by atoms with Gasteiger partial charge in [0.2, 0.25) is 5.89 Å². The molecule has 0 fully saturated rings. The molecule has 0 saturated carbocycles. The highest BCUT2D eigenvalue weighted by molar-refractivity contribution is 5.61. The van der Waals surface area contributed by atoms with Crippen molar-refractivity contribution in [3.05, 3.63) is 35.3 Å². The summed E-state index contributed by atoms with van der Waals surface area (Å²) in [6.07, 6.45) is 6.33. The second-order valence-electron chi connectivity index (χ2n) is 4.03. The Labute approximate surface area is 94.9 Å². The Balaban J connectivity index is 2.29. The van der Waals surface area contributed by atoms with Gasteiger partial charge in [0, 0.05) is 5.57 Å². The van der Waals surface area contributed by atoms with Crippen molar-refractivity contribution < 1.29 is 8.81 Å². The van der Waals surface area contributed by atoms with Crippen molar-refractivity contribution in [2.45, 2.75) is 39.5 Å². The summed E-state index contributed by atoms with van der Waals surface area (Å²) in [4.78, 5) is 4.43. The first-order chi connectivity index (χ1) is 7.70. The number of hydrogen-bond acceptors (Lipinski definition) is 2. The number of hydrogen-bond donors (Lipinski definition) is 0. The molecule has 0 bridgehead atoms. The molecule has 1 heterocycles. The minimum Gasteiger partial charge on any atom is -0.441 e. The molecule has 1 aromatic heterocycles. The van der Waals surface area contributed by atoms with Crippen molar-refractivity contribution in [3.63, 3.8) is 0 Å². The van der Waals surface area contributed by atoms with Crippen molar-refractivity contribution >= 4 is 5.57 Å². The van der Waals surface area contributed by atoms with Crippen LogP contribution in [0.15, 0.2) is 22.4 Å². The maximum absolute atomic E-state index is 13.0. The van der Waals surface area contributed by atoms with Crippen LogP contribution in [0.5, 0.6) is 0 Å². The Morgan fingerprint density at radius 3 is 2.88 bits per heavy atom. The number of nitrogens with zero attached hydrogens (tertiary/aromatic N) is 1. The average Bonchev–Trinajstić information content (AvgIpc) is 2.50. The Morgan fingerprint density at radius 1 is 1.38 bits per heavy atom. The van der Waals surface area contributed by atoms with E-state index in [2.05, 4.69) is 11.9 Å². The quantitative estimate of drug-likeness (QED) is 0.755. The highest BCUT2D eigenvalue weighted by atomic mass is 19.1. The second-order valence-corrected chi connectivity index (χ2v) is 4.03. The number of oxazole rings is 1. The summed E-state index contributed by atoms with van der Waals surface area (Å²) in [6, 6.07) is 0. The van der Waals surface area contributed by atoms with Crippen LogP contribution in [0.3, 0.4) is 0 Å². The fraction of sp³-hybridized carbons (Fsp3) is 0.462. The van der Waals surface area contributed by atoms with Gasteiger partial charge in [-0.15, -0.1) is 0 Å². The van der Waals surface area contributed by atoms with Gasteiger partial charge in [0.1, 0.15) is 5.76 Å². The fourth-order valence-electron chi connectivity index (χ4n) is 1.88. The minimum absolute atomic E-state index is 0.0611. The average molecular weight is 221 g/mol. The van der Waals surface area contributed by atoms with Crippen LogP contribution in [-0.4, -0.2) is 4.98 Å². The summed E-state index contributed by atoms with van der Waals surface area (Å²) in [6.45, 7) is 3.97. The Kier molecular flexibility index (Phi) is 3.22. The first-order valence-electron chi connectivity index (χ1n) is 5.72. The summed E-state index contributed by atoms with van der Waals surface area (Å²) in [5.74, 6) is 1.46. The minimum atomic E-state index is -0.0611. The number of aromatic nitrogens is 1. The number of rotatable bonds is 2.